The molecule has 2 nitrogen and oxygen atoms in total. The zero-order valence-corrected chi connectivity index (χ0v) is 12.7. The number of rotatable bonds is 1. The van der Waals surface area contributed by atoms with Gasteiger partial charge in [0.2, 0.25) is 0 Å². The molecule has 0 aliphatic carbocycles. The Hall–Kier alpha value is -1.94. The first-order valence-electron chi connectivity index (χ1n) is 7.09. The van der Waals surface area contributed by atoms with Crippen molar-refractivity contribution in [1.82, 2.24) is 0 Å². The number of thiocarbonyl (C=S) groups is 1. The van der Waals surface area contributed by atoms with Crippen LogP contribution in [0.2, 0.25) is 0 Å². The average molecular weight is 300 g/mol. The van der Waals surface area contributed by atoms with Crippen LogP contribution in [0.4, 0.5) is 15.8 Å². The Balaban J connectivity index is 1.89. The van der Waals surface area contributed by atoms with Gasteiger partial charge in [0, 0.05) is 17.4 Å². The first-order valence-corrected chi connectivity index (χ1v) is 7.49. The third-order valence-corrected chi connectivity index (χ3v) is 4.12. The van der Waals surface area contributed by atoms with Crippen LogP contribution in [0.15, 0.2) is 48.5 Å². The SMILES string of the molecule is CC1CCc2cc(F)ccc2N1C(=S)Nc1ccccc1. The van der Waals surface area contributed by atoms with Gasteiger partial charge in [0.1, 0.15) is 5.82 Å². The number of nitrogens with zero attached hydrogens (tertiary/aromatic N) is 1. The van der Waals surface area contributed by atoms with Gasteiger partial charge in [-0.3, -0.25) is 0 Å². The predicted molar refractivity (Wildman–Crippen MR) is 89.3 cm³/mol. The number of aryl methyl sites for hydroxylation is 1. The molecule has 0 saturated heterocycles. The zero-order chi connectivity index (χ0) is 14.8. The molecule has 0 fully saturated rings. The molecule has 0 spiro atoms. The van der Waals surface area contributed by atoms with Crippen molar-refractivity contribution < 1.29 is 4.39 Å². The van der Waals surface area contributed by atoms with Gasteiger partial charge in [-0.2, -0.15) is 0 Å². The van der Waals surface area contributed by atoms with Crippen molar-refractivity contribution in [3.8, 4) is 0 Å². The lowest BCUT2D eigenvalue weighted by atomic mass is 9.97. The summed E-state index contributed by atoms with van der Waals surface area (Å²) in [4.78, 5) is 2.08. The number of hydrogen-bond donors (Lipinski definition) is 1. The quantitative estimate of drug-likeness (QED) is 0.788. The zero-order valence-electron chi connectivity index (χ0n) is 11.8. The van der Waals surface area contributed by atoms with Crippen molar-refractivity contribution in [2.45, 2.75) is 25.8 Å². The van der Waals surface area contributed by atoms with E-state index in [4.69, 9.17) is 12.2 Å². The summed E-state index contributed by atoms with van der Waals surface area (Å²) in [6, 6.07) is 15.1. The van der Waals surface area contributed by atoms with E-state index in [1.165, 1.54) is 6.07 Å². The van der Waals surface area contributed by atoms with Gasteiger partial charge < -0.3 is 10.2 Å². The van der Waals surface area contributed by atoms with Crippen LogP contribution >= 0.6 is 12.2 Å². The molecule has 0 amide bonds. The minimum Gasteiger partial charge on any atom is -0.332 e. The second kappa shape index (κ2) is 5.82. The van der Waals surface area contributed by atoms with Crippen LogP contribution in [0.25, 0.3) is 0 Å². The second-order valence-corrected chi connectivity index (χ2v) is 5.71. The lowest BCUT2D eigenvalue weighted by molar-refractivity contribution is 0.604. The molecule has 0 aromatic heterocycles. The molecule has 1 N–H and O–H groups in total. The fraction of sp³-hybridized carbons (Fsp3) is 0.235. The average Bonchev–Trinajstić information content (AvgIpc) is 2.48. The number of benzene rings is 2. The van der Waals surface area contributed by atoms with Crippen LogP contribution in [0, 0.1) is 5.82 Å². The van der Waals surface area contributed by atoms with Gasteiger partial charge >= 0.3 is 0 Å². The fourth-order valence-corrected chi connectivity index (χ4v) is 3.13. The molecule has 0 radical (unpaired) electrons. The van der Waals surface area contributed by atoms with Gasteiger partial charge in [0.25, 0.3) is 0 Å². The number of hydrogen-bond acceptors (Lipinski definition) is 1. The van der Waals surface area contributed by atoms with Crippen molar-refractivity contribution >= 4 is 28.7 Å². The first-order chi connectivity index (χ1) is 10.1. The van der Waals surface area contributed by atoms with Gasteiger partial charge in [-0.05, 0) is 67.9 Å². The minimum atomic E-state index is -0.190. The molecule has 3 rings (SSSR count). The van der Waals surface area contributed by atoms with E-state index in [2.05, 4.69) is 17.1 Å². The van der Waals surface area contributed by atoms with E-state index in [9.17, 15) is 4.39 Å². The molecule has 1 atom stereocenters. The predicted octanol–water partition coefficient (Wildman–Crippen LogP) is 4.36. The molecule has 4 heteroatoms. The maximum atomic E-state index is 13.4. The number of nitrogens with one attached hydrogen (secondary N) is 1. The standard InChI is InChI=1S/C17H17FN2S/c1-12-7-8-13-11-14(18)9-10-16(13)20(12)17(21)19-15-5-3-2-4-6-15/h2-6,9-12H,7-8H2,1H3,(H,19,21). The Kier molecular flexibility index (Phi) is 3.88. The Morgan fingerprint density at radius 3 is 2.76 bits per heavy atom. The smallest absolute Gasteiger partial charge is 0.178 e. The Bertz CT molecular complexity index is 657. The molecular formula is C17H17FN2S. The fourth-order valence-electron chi connectivity index (χ4n) is 2.74. The lowest BCUT2D eigenvalue weighted by Crippen LogP contribution is -2.44. The van der Waals surface area contributed by atoms with E-state index in [0.717, 1.165) is 29.8 Å². The number of para-hydroxylation sites is 1. The van der Waals surface area contributed by atoms with Crippen LogP contribution in [-0.2, 0) is 6.42 Å². The van der Waals surface area contributed by atoms with E-state index < -0.39 is 0 Å². The molecule has 0 bridgehead atoms. The van der Waals surface area contributed by atoms with Crippen molar-refractivity contribution in [3.05, 3.63) is 59.9 Å². The third kappa shape index (κ3) is 2.90. The van der Waals surface area contributed by atoms with Gasteiger partial charge in [0.05, 0.1) is 0 Å². The van der Waals surface area contributed by atoms with E-state index in [1.54, 1.807) is 6.07 Å². The highest BCUT2D eigenvalue weighted by molar-refractivity contribution is 7.80. The molecular weight excluding hydrogens is 283 g/mol. The van der Waals surface area contributed by atoms with Crippen LogP contribution in [0.1, 0.15) is 18.9 Å². The Morgan fingerprint density at radius 2 is 2.00 bits per heavy atom. The van der Waals surface area contributed by atoms with Gasteiger partial charge in [-0.1, -0.05) is 18.2 Å². The maximum absolute atomic E-state index is 13.4. The monoisotopic (exact) mass is 300 g/mol. The van der Waals surface area contributed by atoms with Crippen molar-refractivity contribution in [2.75, 3.05) is 10.2 Å². The summed E-state index contributed by atoms with van der Waals surface area (Å²) in [7, 11) is 0. The third-order valence-electron chi connectivity index (χ3n) is 3.82. The largest absolute Gasteiger partial charge is 0.332 e. The van der Waals surface area contributed by atoms with Crippen LogP contribution in [0.3, 0.4) is 0 Å². The summed E-state index contributed by atoms with van der Waals surface area (Å²) >= 11 is 5.56. The molecule has 2 aromatic rings. The van der Waals surface area contributed by atoms with Gasteiger partial charge in [-0.15, -0.1) is 0 Å². The summed E-state index contributed by atoms with van der Waals surface area (Å²) in [5, 5.41) is 3.92. The molecule has 21 heavy (non-hydrogen) atoms. The highest BCUT2D eigenvalue weighted by Crippen LogP contribution is 2.31. The highest BCUT2D eigenvalue weighted by Gasteiger charge is 2.26. The summed E-state index contributed by atoms with van der Waals surface area (Å²) in [6.45, 7) is 2.14. The summed E-state index contributed by atoms with van der Waals surface area (Å²) in [5.41, 5.74) is 2.98. The summed E-state index contributed by atoms with van der Waals surface area (Å²) < 4.78 is 13.4. The topological polar surface area (TPSA) is 15.3 Å². The van der Waals surface area contributed by atoms with Crippen LogP contribution < -0.4 is 10.2 Å². The Labute approximate surface area is 129 Å². The Morgan fingerprint density at radius 1 is 1.24 bits per heavy atom. The molecule has 0 saturated carbocycles. The van der Waals surface area contributed by atoms with Crippen molar-refractivity contribution in [1.29, 1.82) is 0 Å². The van der Waals surface area contributed by atoms with Gasteiger partial charge in [-0.25, -0.2) is 4.39 Å². The molecule has 1 aliphatic rings. The van der Waals surface area contributed by atoms with Gasteiger partial charge in [0.15, 0.2) is 5.11 Å². The van der Waals surface area contributed by atoms with E-state index in [1.807, 2.05) is 36.4 Å². The molecule has 1 heterocycles. The summed E-state index contributed by atoms with van der Waals surface area (Å²) in [6.07, 6.45) is 1.85. The van der Waals surface area contributed by atoms with Crippen molar-refractivity contribution in [2.24, 2.45) is 0 Å². The van der Waals surface area contributed by atoms with E-state index >= 15 is 0 Å². The molecule has 1 aliphatic heterocycles. The number of anilines is 2. The molecule has 1 unspecified atom stereocenters. The second-order valence-electron chi connectivity index (χ2n) is 5.33. The number of fused-ring (bicyclic) bond motifs is 1. The molecule has 2 aromatic carbocycles. The molecule has 108 valence electrons. The van der Waals surface area contributed by atoms with Crippen LogP contribution in [-0.4, -0.2) is 11.2 Å². The normalized spacial score (nSPS) is 17.2. The van der Waals surface area contributed by atoms with E-state index in [0.29, 0.717) is 11.2 Å². The highest BCUT2D eigenvalue weighted by atomic mass is 32.1. The van der Waals surface area contributed by atoms with E-state index in [-0.39, 0.29) is 5.82 Å². The van der Waals surface area contributed by atoms with Crippen molar-refractivity contribution in [3.63, 3.8) is 0 Å². The summed E-state index contributed by atoms with van der Waals surface area (Å²) in [5.74, 6) is -0.190. The lowest BCUT2D eigenvalue weighted by Gasteiger charge is -2.37. The van der Waals surface area contributed by atoms with Crippen LogP contribution in [0.5, 0.6) is 0 Å². The minimum absolute atomic E-state index is 0.190. The number of halogens is 1. The first kappa shape index (κ1) is 14.0. The maximum Gasteiger partial charge on any atom is 0.178 e.